The molecule has 0 bridgehead atoms. The van der Waals surface area contributed by atoms with Crippen molar-refractivity contribution in [2.24, 2.45) is 0 Å². The maximum absolute atomic E-state index is 12.5. The Morgan fingerprint density at radius 2 is 1.76 bits per heavy atom. The lowest BCUT2D eigenvalue weighted by atomic mass is 10.1. The number of hydrogen-bond donors (Lipinski definition) is 1. The summed E-state index contributed by atoms with van der Waals surface area (Å²) >= 11 is 0. The molecule has 1 aliphatic heterocycles. The molecule has 1 heterocycles. The van der Waals surface area contributed by atoms with E-state index in [4.69, 9.17) is 9.47 Å². The summed E-state index contributed by atoms with van der Waals surface area (Å²) < 4.78 is 35.3. The number of sulfone groups is 1. The molecule has 0 aliphatic carbocycles. The smallest absolute Gasteiger partial charge is 0.223 e. The first-order chi connectivity index (χ1) is 11.8. The van der Waals surface area contributed by atoms with Gasteiger partial charge in [-0.25, -0.2) is 8.42 Å². The van der Waals surface area contributed by atoms with Crippen molar-refractivity contribution in [3.05, 3.63) is 18.2 Å². The third-order valence-corrected chi connectivity index (χ3v) is 5.92. The molecular weight excluding hydrogens is 344 g/mol. The number of nitrogens with zero attached hydrogens (tertiary/aromatic N) is 1. The van der Waals surface area contributed by atoms with Crippen LogP contribution in [0.2, 0.25) is 0 Å². The Labute approximate surface area is 149 Å². The molecule has 2 atom stereocenters. The van der Waals surface area contributed by atoms with E-state index in [0.29, 0.717) is 24.6 Å². The van der Waals surface area contributed by atoms with Gasteiger partial charge in [0.1, 0.15) is 0 Å². The van der Waals surface area contributed by atoms with E-state index in [0.717, 1.165) is 0 Å². The Kier molecular flexibility index (Phi) is 6.29. The average molecular weight is 370 g/mol. The summed E-state index contributed by atoms with van der Waals surface area (Å²) in [6.07, 6.45) is -0.0316. The third-order valence-electron chi connectivity index (χ3n) is 4.21. The van der Waals surface area contributed by atoms with E-state index in [1.165, 1.54) is 26.4 Å². The first kappa shape index (κ1) is 19.5. The lowest BCUT2D eigenvalue weighted by Crippen LogP contribution is -2.56. The van der Waals surface area contributed by atoms with Gasteiger partial charge < -0.3 is 19.7 Å². The standard InChI is InChI=1S/C17H26N2O5S/c1-12-10-19(11-13(2)18-12)17(20)7-8-25(21,22)14-5-6-15(23-3)16(9-14)24-4/h5-6,9,12-13,18H,7-8,10-11H2,1-4H3/t12-,13-/m1/s1. The number of carbonyl (C=O) groups is 1. The van der Waals surface area contributed by atoms with E-state index >= 15 is 0 Å². The van der Waals surface area contributed by atoms with Crippen molar-refractivity contribution in [1.29, 1.82) is 0 Å². The number of rotatable bonds is 6. The van der Waals surface area contributed by atoms with E-state index < -0.39 is 9.84 Å². The summed E-state index contributed by atoms with van der Waals surface area (Å²) in [6, 6.07) is 4.85. The lowest BCUT2D eigenvalue weighted by molar-refractivity contribution is -0.132. The van der Waals surface area contributed by atoms with Crippen LogP contribution in [0, 0.1) is 0 Å². The molecule has 2 rings (SSSR count). The Bertz CT molecular complexity index is 710. The fourth-order valence-electron chi connectivity index (χ4n) is 3.04. The molecule has 0 spiro atoms. The van der Waals surface area contributed by atoms with Gasteiger partial charge in [0.25, 0.3) is 0 Å². The summed E-state index contributed by atoms with van der Waals surface area (Å²) in [6.45, 7) is 5.21. The first-order valence-electron chi connectivity index (χ1n) is 8.25. The van der Waals surface area contributed by atoms with Crippen molar-refractivity contribution in [3.63, 3.8) is 0 Å². The summed E-state index contributed by atoms with van der Waals surface area (Å²) in [7, 11) is -0.642. The zero-order valence-electron chi connectivity index (χ0n) is 15.1. The van der Waals surface area contributed by atoms with E-state index in [9.17, 15) is 13.2 Å². The number of ether oxygens (including phenoxy) is 2. The molecule has 1 saturated heterocycles. The van der Waals surface area contributed by atoms with E-state index in [2.05, 4.69) is 5.32 Å². The van der Waals surface area contributed by atoms with Crippen LogP contribution in [0.4, 0.5) is 0 Å². The molecule has 1 aliphatic rings. The van der Waals surface area contributed by atoms with Crippen molar-refractivity contribution in [2.45, 2.75) is 37.2 Å². The van der Waals surface area contributed by atoms with Crippen LogP contribution in [0.3, 0.4) is 0 Å². The van der Waals surface area contributed by atoms with Crippen molar-refractivity contribution >= 4 is 15.7 Å². The van der Waals surface area contributed by atoms with Crippen molar-refractivity contribution < 1.29 is 22.7 Å². The highest BCUT2D eigenvalue weighted by atomic mass is 32.2. The van der Waals surface area contributed by atoms with Crippen LogP contribution < -0.4 is 14.8 Å². The second-order valence-electron chi connectivity index (χ2n) is 6.35. The van der Waals surface area contributed by atoms with Gasteiger partial charge in [-0.3, -0.25) is 4.79 Å². The predicted octanol–water partition coefficient (Wildman–Crippen LogP) is 1.08. The lowest BCUT2D eigenvalue weighted by Gasteiger charge is -2.36. The molecular formula is C17H26N2O5S. The summed E-state index contributed by atoms with van der Waals surface area (Å²) in [5, 5.41) is 3.35. The number of hydrogen-bond acceptors (Lipinski definition) is 6. The van der Waals surface area contributed by atoms with Gasteiger partial charge in [-0.1, -0.05) is 0 Å². The predicted molar refractivity (Wildman–Crippen MR) is 94.9 cm³/mol. The molecule has 1 amide bonds. The maximum atomic E-state index is 12.5. The normalized spacial score (nSPS) is 21.0. The molecule has 0 saturated carbocycles. The zero-order valence-corrected chi connectivity index (χ0v) is 15.9. The monoisotopic (exact) mass is 370 g/mol. The Balaban J connectivity index is 2.05. The molecule has 7 nitrogen and oxygen atoms in total. The zero-order chi connectivity index (χ0) is 18.6. The molecule has 0 unspecified atom stereocenters. The third kappa shape index (κ3) is 4.85. The summed E-state index contributed by atoms with van der Waals surface area (Å²) in [4.78, 5) is 14.2. The summed E-state index contributed by atoms with van der Waals surface area (Å²) in [5.74, 6) is 0.443. The molecule has 140 valence electrons. The van der Waals surface area contributed by atoms with Crippen LogP contribution >= 0.6 is 0 Å². The van der Waals surface area contributed by atoms with Crippen LogP contribution in [0.5, 0.6) is 11.5 Å². The van der Waals surface area contributed by atoms with Crippen LogP contribution in [-0.2, 0) is 14.6 Å². The SMILES string of the molecule is COc1ccc(S(=O)(=O)CCC(=O)N2C[C@@H](C)N[C@H](C)C2)cc1OC. The molecule has 1 aromatic carbocycles. The molecule has 1 aromatic rings. The van der Waals surface area contributed by atoms with Gasteiger partial charge >= 0.3 is 0 Å². The van der Waals surface area contributed by atoms with Gasteiger partial charge in [0.05, 0.1) is 24.9 Å². The Morgan fingerprint density at radius 3 is 2.32 bits per heavy atom. The highest BCUT2D eigenvalue weighted by Gasteiger charge is 2.26. The van der Waals surface area contributed by atoms with E-state index in [1.807, 2.05) is 13.8 Å². The van der Waals surface area contributed by atoms with E-state index in [-0.39, 0.29) is 35.1 Å². The minimum absolute atomic E-state index is 0.0316. The topological polar surface area (TPSA) is 84.9 Å². The Morgan fingerprint density at radius 1 is 1.16 bits per heavy atom. The second kappa shape index (κ2) is 8.05. The van der Waals surface area contributed by atoms with Crippen LogP contribution in [0.1, 0.15) is 20.3 Å². The first-order valence-corrected chi connectivity index (χ1v) is 9.90. The average Bonchev–Trinajstić information content (AvgIpc) is 2.58. The largest absolute Gasteiger partial charge is 0.493 e. The molecule has 8 heteroatoms. The molecule has 25 heavy (non-hydrogen) atoms. The minimum atomic E-state index is -3.58. The van der Waals surface area contributed by atoms with Crippen LogP contribution in [0.15, 0.2) is 23.1 Å². The van der Waals surface area contributed by atoms with Gasteiger partial charge in [0.15, 0.2) is 21.3 Å². The quantitative estimate of drug-likeness (QED) is 0.806. The number of amides is 1. The van der Waals surface area contributed by atoms with Crippen LogP contribution in [0.25, 0.3) is 0 Å². The fraction of sp³-hybridized carbons (Fsp3) is 0.588. The fourth-order valence-corrected chi connectivity index (χ4v) is 4.28. The molecule has 1 N–H and O–H groups in total. The number of piperazine rings is 1. The highest BCUT2D eigenvalue weighted by Crippen LogP contribution is 2.30. The van der Waals surface area contributed by atoms with Crippen molar-refractivity contribution in [2.75, 3.05) is 33.1 Å². The molecule has 1 fully saturated rings. The van der Waals surface area contributed by atoms with Gasteiger partial charge in [-0.2, -0.15) is 0 Å². The Hall–Kier alpha value is -1.80. The van der Waals surface area contributed by atoms with Gasteiger partial charge in [0.2, 0.25) is 5.91 Å². The maximum Gasteiger partial charge on any atom is 0.223 e. The van der Waals surface area contributed by atoms with Gasteiger partial charge in [0, 0.05) is 37.7 Å². The minimum Gasteiger partial charge on any atom is -0.493 e. The summed E-state index contributed by atoms with van der Waals surface area (Å²) in [5.41, 5.74) is 0. The van der Waals surface area contributed by atoms with Gasteiger partial charge in [-0.15, -0.1) is 0 Å². The molecule has 0 aromatic heterocycles. The number of nitrogens with one attached hydrogen (secondary N) is 1. The van der Waals surface area contributed by atoms with Gasteiger partial charge in [-0.05, 0) is 26.0 Å². The van der Waals surface area contributed by atoms with E-state index in [1.54, 1.807) is 11.0 Å². The highest BCUT2D eigenvalue weighted by molar-refractivity contribution is 7.91. The molecule has 0 radical (unpaired) electrons. The number of benzene rings is 1. The number of methoxy groups -OCH3 is 2. The van der Waals surface area contributed by atoms with Crippen LogP contribution in [-0.4, -0.2) is 64.4 Å². The number of carbonyl (C=O) groups excluding carboxylic acids is 1. The van der Waals surface area contributed by atoms with Crippen molar-refractivity contribution in [1.82, 2.24) is 10.2 Å². The second-order valence-corrected chi connectivity index (χ2v) is 8.46. The van der Waals surface area contributed by atoms with Crippen molar-refractivity contribution in [3.8, 4) is 11.5 Å².